The molecule has 0 saturated carbocycles. The molecule has 4 aromatic carbocycles. The van der Waals surface area contributed by atoms with Gasteiger partial charge in [-0.1, -0.05) is 54.1 Å². The molecule has 0 aliphatic carbocycles. The van der Waals surface area contributed by atoms with E-state index in [1.807, 2.05) is 68.4 Å². The van der Waals surface area contributed by atoms with Gasteiger partial charge in [-0.25, -0.2) is 0 Å². The molecule has 6 aromatic rings. The zero-order valence-electron chi connectivity index (χ0n) is 30.7. The van der Waals surface area contributed by atoms with Gasteiger partial charge in [-0.3, -0.25) is 15.0 Å². The quantitative estimate of drug-likeness (QED) is 0.152. The van der Waals surface area contributed by atoms with E-state index in [9.17, 15) is 4.79 Å². The Morgan fingerprint density at radius 1 is 0.630 bits per heavy atom. The van der Waals surface area contributed by atoms with Crippen LogP contribution >= 0.6 is 0 Å². The number of hydrogen-bond acceptors (Lipinski definition) is 8. The summed E-state index contributed by atoms with van der Waals surface area (Å²) in [6.45, 7) is 9.75. The van der Waals surface area contributed by atoms with E-state index in [4.69, 9.17) is 23.7 Å². The molecule has 1 amide bonds. The van der Waals surface area contributed by atoms with Crippen molar-refractivity contribution in [3.05, 3.63) is 107 Å². The summed E-state index contributed by atoms with van der Waals surface area (Å²) in [6.07, 6.45) is 2.19. The first kappa shape index (κ1) is 35.0. The largest absolute Gasteiger partial charge is 0.486 e. The summed E-state index contributed by atoms with van der Waals surface area (Å²) in [7, 11) is 0. The fourth-order valence-electron chi connectivity index (χ4n) is 6.99. The molecule has 54 heavy (non-hydrogen) atoms. The average Bonchev–Trinajstić information content (AvgIpc) is 3.98. The van der Waals surface area contributed by atoms with Gasteiger partial charge in [0.1, 0.15) is 37.8 Å². The number of aryl methyl sites for hydroxylation is 3. The molecule has 3 N–H and O–H groups in total. The van der Waals surface area contributed by atoms with Crippen molar-refractivity contribution in [2.45, 2.75) is 39.7 Å². The Balaban J connectivity index is 0.000000160. The van der Waals surface area contributed by atoms with Gasteiger partial charge in [0.2, 0.25) is 0 Å². The molecule has 1 saturated heterocycles. The number of benzene rings is 4. The van der Waals surface area contributed by atoms with Crippen molar-refractivity contribution in [1.82, 2.24) is 25.7 Å². The van der Waals surface area contributed by atoms with Gasteiger partial charge in [0.05, 0.1) is 6.10 Å². The average molecular weight is 726 g/mol. The standard InChI is InChI=1S/C24H25N3O4.C19H18N2O2/c1-15-22(18-8-9-20-21(13-18)31-12-11-30-20)23(27-26-15)16-4-6-17(7-5-16)24(28)25-14-19-3-2-10-29-19;1-12-3-5-14(6-4-12)19-18(13(2)20-21-19)15-7-8-16-17(11-15)23-10-9-22-16/h4-9,13,19H,2-3,10-12,14H2,1H3,(H,25,28)(H,26,27);3-8,11H,9-10H2,1-2H3,(H,20,21). The van der Waals surface area contributed by atoms with Crippen LogP contribution in [0.4, 0.5) is 0 Å². The van der Waals surface area contributed by atoms with Crippen molar-refractivity contribution in [3.63, 3.8) is 0 Å². The third kappa shape index (κ3) is 7.40. The summed E-state index contributed by atoms with van der Waals surface area (Å²) in [5.41, 5.74) is 11.9. The molecule has 3 aliphatic heterocycles. The van der Waals surface area contributed by atoms with Gasteiger partial charge in [-0.15, -0.1) is 0 Å². The second-order valence-corrected chi connectivity index (χ2v) is 13.6. The predicted molar refractivity (Wildman–Crippen MR) is 206 cm³/mol. The number of ether oxygens (including phenoxy) is 5. The molecule has 5 heterocycles. The minimum Gasteiger partial charge on any atom is -0.486 e. The Bertz CT molecular complexity index is 2250. The first-order valence-electron chi connectivity index (χ1n) is 18.4. The Morgan fingerprint density at radius 2 is 1.11 bits per heavy atom. The monoisotopic (exact) mass is 725 g/mol. The van der Waals surface area contributed by atoms with Gasteiger partial charge in [-0.2, -0.15) is 10.2 Å². The highest BCUT2D eigenvalue weighted by molar-refractivity contribution is 5.95. The second kappa shape index (κ2) is 15.5. The Labute approximate surface area is 314 Å². The van der Waals surface area contributed by atoms with E-state index < -0.39 is 0 Å². The van der Waals surface area contributed by atoms with Crippen LogP contribution < -0.4 is 24.3 Å². The molecule has 1 fully saturated rings. The number of fused-ring (bicyclic) bond motifs is 2. The number of amides is 1. The van der Waals surface area contributed by atoms with Crippen LogP contribution in [-0.4, -0.2) is 72.0 Å². The molecule has 11 nitrogen and oxygen atoms in total. The number of nitrogens with one attached hydrogen (secondary N) is 3. The molecule has 3 aliphatic rings. The van der Waals surface area contributed by atoms with Crippen LogP contribution in [0.25, 0.3) is 44.8 Å². The van der Waals surface area contributed by atoms with E-state index in [1.165, 1.54) is 5.56 Å². The maximum atomic E-state index is 12.5. The van der Waals surface area contributed by atoms with Crippen LogP contribution in [0, 0.1) is 20.8 Å². The maximum Gasteiger partial charge on any atom is 0.251 e. The van der Waals surface area contributed by atoms with Crippen molar-refractivity contribution in [3.8, 4) is 67.8 Å². The summed E-state index contributed by atoms with van der Waals surface area (Å²) in [4.78, 5) is 12.5. The normalized spacial score (nSPS) is 15.6. The van der Waals surface area contributed by atoms with Gasteiger partial charge in [0, 0.05) is 52.4 Å². The highest BCUT2D eigenvalue weighted by atomic mass is 16.6. The topological polar surface area (TPSA) is 133 Å². The lowest BCUT2D eigenvalue weighted by molar-refractivity contribution is 0.0858. The Hall–Kier alpha value is -6.07. The minimum absolute atomic E-state index is 0.0904. The minimum atomic E-state index is -0.0904. The van der Waals surface area contributed by atoms with Gasteiger partial charge in [-0.05, 0) is 81.1 Å². The summed E-state index contributed by atoms with van der Waals surface area (Å²) in [5, 5.41) is 18.2. The molecule has 1 atom stereocenters. The smallest absolute Gasteiger partial charge is 0.251 e. The molecule has 1 unspecified atom stereocenters. The van der Waals surface area contributed by atoms with Gasteiger partial charge in [0.15, 0.2) is 23.0 Å². The number of hydrogen-bond donors (Lipinski definition) is 3. The number of H-pyrrole nitrogens is 2. The lowest BCUT2D eigenvalue weighted by atomic mass is 9.98. The van der Waals surface area contributed by atoms with Crippen molar-refractivity contribution in [2.75, 3.05) is 39.6 Å². The molecule has 9 rings (SSSR count). The highest BCUT2D eigenvalue weighted by Crippen LogP contribution is 2.40. The van der Waals surface area contributed by atoms with Crippen LogP contribution in [0.2, 0.25) is 0 Å². The Kier molecular flexibility index (Phi) is 10.0. The van der Waals surface area contributed by atoms with Crippen LogP contribution in [-0.2, 0) is 4.74 Å². The third-order valence-electron chi connectivity index (χ3n) is 9.82. The van der Waals surface area contributed by atoms with E-state index in [0.29, 0.717) is 38.5 Å². The van der Waals surface area contributed by atoms with E-state index in [2.05, 4.69) is 63.0 Å². The number of carbonyl (C=O) groups is 1. The number of carbonyl (C=O) groups excluding carboxylic acids is 1. The summed E-state index contributed by atoms with van der Waals surface area (Å²) >= 11 is 0. The lowest BCUT2D eigenvalue weighted by Crippen LogP contribution is -2.31. The molecular weight excluding hydrogens is 683 g/mol. The van der Waals surface area contributed by atoms with Crippen LogP contribution in [0.15, 0.2) is 84.9 Å². The summed E-state index contributed by atoms with van der Waals surface area (Å²) in [6, 6.07) is 27.9. The number of nitrogens with zero attached hydrogens (tertiary/aromatic N) is 2. The van der Waals surface area contributed by atoms with Crippen molar-refractivity contribution in [1.29, 1.82) is 0 Å². The van der Waals surface area contributed by atoms with Crippen molar-refractivity contribution < 1.29 is 28.5 Å². The number of rotatable bonds is 7. The third-order valence-corrected chi connectivity index (χ3v) is 9.82. The molecule has 0 bridgehead atoms. The van der Waals surface area contributed by atoms with Crippen LogP contribution in [0.1, 0.15) is 40.2 Å². The van der Waals surface area contributed by atoms with E-state index in [1.54, 1.807) is 0 Å². The van der Waals surface area contributed by atoms with Gasteiger partial charge in [0.25, 0.3) is 5.91 Å². The summed E-state index contributed by atoms with van der Waals surface area (Å²) < 4.78 is 28.3. The van der Waals surface area contributed by atoms with Crippen LogP contribution in [0.5, 0.6) is 23.0 Å². The molecule has 276 valence electrons. The molecule has 0 spiro atoms. The van der Waals surface area contributed by atoms with E-state index >= 15 is 0 Å². The van der Waals surface area contributed by atoms with E-state index in [0.717, 1.165) is 98.6 Å². The van der Waals surface area contributed by atoms with Crippen molar-refractivity contribution in [2.24, 2.45) is 0 Å². The molecular formula is C43H43N5O6. The van der Waals surface area contributed by atoms with Crippen molar-refractivity contribution >= 4 is 5.91 Å². The van der Waals surface area contributed by atoms with E-state index in [-0.39, 0.29) is 12.0 Å². The maximum absolute atomic E-state index is 12.5. The fourth-order valence-corrected chi connectivity index (χ4v) is 6.99. The second-order valence-electron chi connectivity index (χ2n) is 13.6. The fraction of sp³-hybridized carbons (Fsp3) is 0.279. The Morgan fingerprint density at radius 3 is 1.61 bits per heavy atom. The SMILES string of the molecule is Cc1[nH]nc(-c2ccc(C(=O)NCC3CCCO3)cc2)c1-c1ccc2c(c1)OCCO2.Cc1ccc(-c2n[nH]c(C)c2-c2ccc3c(c2)OCCO3)cc1. The van der Waals surface area contributed by atoms with Gasteiger partial charge < -0.3 is 29.0 Å². The lowest BCUT2D eigenvalue weighted by Gasteiger charge is -2.19. The predicted octanol–water partition coefficient (Wildman–Crippen LogP) is 7.86. The first-order valence-corrected chi connectivity index (χ1v) is 18.4. The highest BCUT2D eigenvalue weighted by Gasteiger charge is 2.21. The molecule has 2 aromatic heterocycles. The zero-order chi connectivity index (χ0) is 37.0. The number of aromatic nitrogens is 4. The van der Waals surface area contributed by atoms with Gasteiger partial charge >= 0.3 is 0 Å². The zero-order valence-corrected chi connectivity index (χ0v) is 30.7. The molecule has 0 radical (unpaired) electrons. The molecule has 11 heteroatoms. The van der Waals surface area contributed by atoms with Crippen LogP contribution in [0.3, 0.4) is 0 Å². The first-order chi connectivity index (χ1) is 26.4. The number of aromatic amines is 2. The summed E-state index contributed by atoms with van der Waals surface area (Å²) in [5.74, 6) is 3.01.